The topological polar surface area (TPSA) is 122 Å². The van der Waals surface area contributed by atoms with Gasteiger partial charge < -0.3 is 25.5 Å². The Labute approximate surface area is 162 Å². The first-order chi connectivity index (χ1) is 12.7. The number of benzene rings is 1. The summed E-state index contributed by atoms with van der Waals surface area (Å²) in [7, 11) is -1.37. The number of hydrogen-bond acceptors (Lipinski definition) is 5. The smallest absolute Gasteiger partial charge is 0.451 e. The summed E-state index contributed by atoms with van der Waals surface area (Å²) in [6.07, 6.45) is 5.32. The number of anilines is 1. The Hall–Kier alpha value is -2.03. The Morgan fingerprint density at radius 2 is 2.22 bits per heavy atom. The summed E-state index contributed by atoms with van der Waals surface area (Å²) in [5.74, 6) is -0.646. The molecule has 0 unspecified atom stereocenters. The second-order valence-electron chi connectivity index (χ2n) is 7.33. The number of nitrogens with zero attached hydrogens (tertiary/aromatic N) is 2. The molecule has 1 heterocycles. The number of carbonyl (C=O) groups is 1. The molecule has 0 radical (unpaired) electrons. The van der Waals surface area contributed by atoms with Gasteiger partial charge in [-0.2, -0.15) is 0 Å². The van der Waals surface area contributed by atoms with Crippen molar-refractivity contribution in [3.05, 3.63) is 46.2 Å². The van der Waals surface area contributed by atoms with Crippen LogP contribution in [0.4, 0.5) is 5.95 Å². The fourth-order valence-electron chi connectivity index (χ4n) is 4.01. The molecule has 2 atom stereocenters. The molecule has 27 heavy (non-hydrogen) atoms. The zero-order chi connectivity index (χ0) is 19.8. The molecular weight excluding hydrogens is 368 g/mol. The molecule has 0 spiro atoms. The highest BCUT2D eigenvalue weighted by Gasteiger charge is 2.49. The van der Waals surface area contributed by atoms with Crippen LogP contribution in [0.25, 0.3) is 0 Å². The lowest BCUT2D eigenvalue weighted by Crippen LogP contribution is -2.37. The second-order valence-corrected chi connectivity index (χ2v) is 7.74. The van der Waals surface area contributed by atoms with Crippen LogP contribution in [0.3, 0.4) is 0 Å². The molecular formula is C18H23BClN3O4. The number of imidazole rings is 1. The van der Waals surface area contributed by atoms with E-state index in [4.69, 9.17) is 27.4 Å². The Kier molecular flexibility index (Phi) is 5.51. The van der Waals surface area contributed by atoms with Gasteiger partial charge in [-0.1, -0.05) is 24.1 Å². The fourth-order valence-corrected chi connectivity index (χ4v) is 4.25. The summed E-state index contributed by atoms with van der Waals surface area (Å²) in [6, 6.07) is 3.72. The van der Waals surface area contributed by atoms with Crippen molar-refractivity contribution in [2.24, 2.45) is 5.92 Å². The zero-order valence-corrected chi connectivity index (χ0v) is 15.9. The van der Waals surface area contributed by atoms with Gasteiger partial charge in [0.15, 0.2) is 5.95 Å². The van der Waals surface area contributed by atoms with E-state index in [0.717, 1.165) is 16.7 Å². The van der Waals surface area contributed by atoms with Crippen LogP contribution in [0.15, 0.2) is 24.5 Å². The number of nitrogens with two attached hydrogens (primary N) is 1. The molecule has 1 aliphatic rings. The number of aliphatic carboxylic acids is 1. The lowest BCUT2D eigenvalue weighted by atomic mass is 9.72. The second kappa shape index (κ2) is 7.54. The maximum atomic E-state index is 12.2. The minimum atomic E-state index is -1.37. The van der Waals surface area contributed by atoms with E-state index in [1.165, 1.54) is 0 Å². The van der Waals surface area contributed by atoms with Crippen LogP contribution in [0.5, 0.6) is 0 Å². The van der Waals surface area contributed by atoms with E-state index in [9.17, 15) is 9.90 Å². The Bertz CT molecular complexity index is 857. The average molecular weight is 392 g/mol. The minimum absolute atomic E-state index is 0.131. The van der Waals surface area contributed by atoms with Gasteiger partial charge in [0, 0.05) is 17.4 Å². The van der Waals surface area contributed by atoms with E-state index in [1.54, 1.807) is 23.9 Å². The van der Waals surface area contributed by atoms with Crippen LogP contribution in [0, 0.1) is 5.92 Å². The van der Waals surface area contributed by atoms with E-state index in [0.29, 0.717) is 36.8 Å². The van der Waals surface area contributed by atoms with Gasteiger partial charge in [-0.05, 0) is 54.8 Å². The third-order valence-corrected chi connectivity index (χ3v) is 6.01. The molecule has 2 aromatic rings. The maximum absolute atomic E-state index is 12.2. The summed E-state index contributed by atoms with van der Waals surface area (Å²) < 4.78 is 1.75. The quantitative estimate of drug-likeness (QED) is 0.535. The fraction of sp³-hybridized carbons (Fsp3) is 0.444. The number of carboxylic acids is 1. The summed E-state index contributed by atoms with van der Waals surface area (Å²) in [5, 5.41) is 28.7. The standard InChI is InChI=1S/C18H23BClN3O4/c1-18(16(24)25)13(3-2-4-19(26)27)7-11-9-15(20)12(8-14(11)18)10-23-6-5-22-17(23)21/h5-6,8-9,13,26-27H,2-4,7,10H2,1H3,(H2,21,22)(H,24,25)/t13-,18-/m0/s1. The number of hydrogen-bond donors (Lipinski definition) is 4. The Balaban J connectivity index is 1.93. The molecule has 7 nitrogen and oxygen atoms in total. The number of aromatic nitrogens is 2. The van der Waals surface area contributed by atoms with Crippen molar-refractivity contribution in [2.45, 2.75) is 44.5 Å². The highest BCUT2D eigenvalue weighted by molar-refractivity contribution is 6.40. The lowest BCUT2D eigenvalue weighted by Gasteiger charge is -2.28. The summed E-state index contributed by atoms with van der Waals surface area (Å²) in [5.41, 5.74) is 7.27. The summed E-state index contributed by atoms with van der Waals surface area (Å²) >= 11 is 6.46. The van der Waals surface area contributed by atoms with Crippen molar-refractivity contribution in [2.75, 3.05) is 5.73 Å². The van der Waals surface area contributed by atoms with Crippen molar-refractivity contribution in [3.8, 4) is 0 Å². The monoisotopic (exact) mass is 391 g/mol. The number of carboxylic acid groups (broad SMARTS) is 1. The molecule has 3 rings (SSSR count). The van der Waals surface area contributed by atoms with E-state index in [-0.39, 0.29) is 12.2 Å². The van der Waals surface area contributed by atoms with E-state index < -0.39 is 18.5 Å². The third kappa shape index (κ3) is 3.70. The van der Waals surface area contributed by atoms with Crippen molar-refractivity contribution >= 4 is 30.6 Å². The van der Waals surface area contributed by atoms with Crippen LogP contribution in [0.1, 0.15) is 36.5 Å². The van der Waals surface area contributed by atoms with E-state index in [2.05, 4.69) is 4.98 Å². The normalized spacial score (nSPS) is 21.3. The van der Waals surface area contributed by atoms with Gasteiger partial charge in [-0.3, -0.25) is 4.79 Å². The molecule has 1 aromatic heterocycles. The van der Waals surface area contributed by atoms with Crippen LogP contribution < -0.4 is 5.73 Å². The van der Waals surface area contributed by atoms with E-state index >= 15 is 0 Å². The molecule has 0 aliphatic heterocycles. The Morgan fingerprint density at radius 1 is 1.48 bits per heavy atom. The van der Waals surface area contributed by atoms with Gasteiger partial charge in [0.25, 0.3) is 0 Å². The highest BCUT2D eigenvalue weighted by Crippen LogP contribution is 2.47. The van der Waals surface area contributed by atoms with Gasteiger partial charge in [0.05, 0.1) is 12.0 Å². The van der Waals surface area contributed by atoms with Crippen molar-refractivity contribution in [1.29, 1.82) is 0 Å². The molecule has 144 valence electrons. The predicted molar refractivity (Wildman–Crippen MR) is 104 cm³/mol. The first kappa shape index (κ1) is 19.7. The van der Waals surface area contributed by atoms with Crippen LogP contribution in [-0.4, -0.2) is 37.8 Å². The molecule has 0 fully saturated rings. The molecule has 0 bridgehead atoms. The minimum Gasteiger partial charge on any atom is -0.481 e. The first-order valence-electron chi connectivity index (χ1n) is 8.91. The van der Waals surface area contributed by atoms with Crippen molar-refractivity contribution in [1.82, 2.24) is 9.55 Å². The molecule has 5 N–H and O–H groups in total. The van der Waals surface area contributed by atoms with Crippen molar-refractivity contribution in [3.63, 3.8) is 0 Å². The first-order valence-corrected chi connectivity index (χ1v) is 9.29. The molecule has 0 amide bonds. The number of halogens is 1. The van der Waals surface area contributed by atoms with Gasteiger partial charge in [-0.15, -0.1) is 0 Å². The van der Waals surface area contributed by atoms with Crippen LogP contribution in [0.2, 0.25) is 11.3 Å². The van der Waals surface area contributed by atoms with Gasteiger partial charge in [0.2, 0.25) is 0 Å². The highest BCUT2D eigenvalue weighted by atomic mass is 35.5. The zero-order valence-electron chi connectivity index (χ0n) is 15.1. The molecule has 0 saturated carbocycles. The van der Waals surface area contributed by atoms with Crippen LogP contribution in [-0.2, 0) is 23.2 Å². The predicted octanol–water partition coefficient (Wildman–Crippen LogP) is 1.93. The van der Waals surface area contributed by atoms with Crippen molar-refractivity contribution < 1.29 is 19.9 Å². The summed E-state index contributed by atoms with van der Waals surface area (Å²) in [6.45, 7) is 2.15. The van der Waals surface area contributed by atoms with E-state index in [1.807, 2.05) is 12.1 Å². The Morgan fingerprint density at radius 3 is 2.81 bits per heavy atom. The van der Waals surface area contributed by atoms with Gasteiger partial charge in [-0.25, -0.2) is 4.98 Å². The van der Waals surface area contributed by atoms with Gasteiger partial charge in [0.1, 0.15) is 0 Å². The largest absolute Gasteiger partial charge is 0.481 e. The molecule has 9 heteroatoms. The average Bonchev–Trinajstić information content (AvgIpc) is 3.11. The van der Waals surface area contributed by atoms with Gasteiger partial charge >= 0.3 is 13.1 Å². The maximum Gasteiger partial charge on any atom is 0.451 e. The van der Waals surface area contributed by atoms with Crippen LogP contribution >= 0.6 is 11.6 Å². The summed E-state index contributed by atoms with van der Waals surface area (Å²) in [4.78, 5) is 16.2. The number of nitrogen functional groups attached to an aromatic ring is 1. The molecule has 1 aliphatic carbocycles. The number of fused-ring (bicyclic) bond motifs is 1. The SMILES string of the molecule is C[C@@]1(C(=O)O)c2cc(Cn3ccnc3N)c(Cl)cc2C[C@@H]1CCCB(O)O. The molecule has 1 aromatic carbocycles. The lowest BCUT2D eigenvalue weighted by molar-refractivity contribution is -0.145. The number of rotatable bonds is 7. The molecule has 0 saturated heterocycles. The third-order valence-electron chi connectivity index (χ3n) is 5.66.